The number of hydrogen-bond donors (Lipinski definition) is 0. The number of ether oxygens (including phenoxy) is 1. The van der Waals surface area contributed by atoms with Gasteiger partial charge in [-0.3, -0.25) is 15.0 Å². The van der Waals surface area contributed by atoms with Crippen LogP contribution in [-0.2, 0) is 12.8 Å². The SMILES string of the molecule is COc1ccc2c(c1)CCN(CCc1ccc([N+](=O)[O-])cc1)C2C.Cl.Cl. The fourth-order valence-electron chi connectivity index (χ4n) is 3.35. The summed E-state index contributed by atoms with van der Waals surface area (Å²) in [6.07, 6.45) is 1.92. The van der Waals surface area contributed by atoms with Gasteiger partial charge in [-0.2, -0.15) is 0 Å². The second kappa shape index (κ2) is 9.76. The highest BCUT2D eigenvalue weighted by molar-refractivity contribution is 5.85. The summed E-state index contributed by atoms with van der Waals surface area (Å²) in [7, 11) is 1.70. The molecule has 0 N–H and O–H groups in total. The van der Waals surface area contributed by atoms with Crippen molar-refractivity contribution in [2.24, 2.45) is 0 Å². The minimum atomic E-state index is -0.359. The van der Waals surface area contributed by atoms with Crippen molar-refractivity contribution < 1.29 is 9.66 Å². The zero-order valence-corrected chi connectivity index (χ0v) is 16.5. The summed E-state index contributed by atoms with van der Waals surface area (Å²) >= 11 is 0. The summed E-state index contributed by atoms with van der Waals surface area (Å²) in [5.41, 5.74) is 4.01. The van der Waals surface area contributed by atoms with Gasteiger partial charge in [0.25, 0.3) is 5.69 Å². The number of nitrogens with zero attached hydrogens (tertiary/aromatic N) is 2. The van der Waals surface area contributed by atoms with Gasteiger partial charge >= 0.3 is 0 Å². The molecule has 26 heavy (non-hydrogen) atoms. The Labute approximate surface area is 166 Å². The van der Waals surface area contributed by atoms with Crippen LogP contribution in [0.5, 0.6) is 5.75 Å². The molecule has 0 amide bonds. The third-order valence-corrected chi connectivity index (χ3v) is 4.85. The van der Waals surface area contributed by atoms with Crippen LogP contribution in [-0.4, -0.2) is 30.0 Å². The molecule has 1 heterocycles. The smallest absolute Gasteiger partial charge is 0.269 e. The van der Waals surface area contributed by atoms with Crippen LogP contribution in [0, 0.1) is 10.1 Å². The normalized spacial score (nSPS) is 16.0. The van der Waals surface area contributed by atoms with Gasteiger partial charge in [0, 0.05) is 31.3 Å². The molecule has 0 aromatic heterocycles. The van der Waals surface area contributed by atoms with Crippen LogP contribution in [0.4, 0.5) is 5.69 Å². The molecule has 1 atom stereocenters. The lowest BCUT2D eigenvalue weighted by molar-refractivity contribution is -0.384. The first kappa shape index (κ1) is 22.2. The summed E-state index contributed by atoms with van der Waals surface area (Å²) in [5.74, 6) is 0.917. The van der Waals surface area contributed by atoms with E-state index in [1.54, 1.807) is 19.2 Å². The van der Waals surface area contributed by atoms with Crippen LogP contribution in [0.2, 0.25) is 0 Å². The average Bonchev–Trinajstić information content (AvgIpc) is 2.61. The van der Waals surface area contributed by atoms with Crippen molar-refractivity contribution in [2.45, 2.75) is 25.8 Å². The van der Waals surface area contributed by atoms with Crippen LogP contribution < -0.4 is 4.74 Å². The highest BCUT2D eigenvalue weighted by Gasteiger charge is 2.23. The van der Waals surface area contributed by atoms with Gasteiger partial charge in [-0.05, 0) is 48.6 Å². The molecule has 1 aliphatic heterocycles. The summed E-state index contributed by atoms with van der Waals surface area (Å²) in [4.78, 5) is 12.8. The van der Waals surface area contributed by atoms with E-state index in [-0.39, 0.29) is 35.4 Å². The van der Waals surface area contributed by atoms with Gasteiger partial charge in [-0.25, -0.2) is 0 Å². The van der Waals surface area contributed by atoms with Crippen molar-refractivity contribution in [2.75, 3.05) is 20.2 Å². The second-order valence-electron chi connectivity index (χ2n) is 6.20. The highest BCUT2D eigenvalue weighted by atomic mass is 35.5. The molecule has 0 spiro atoms. The maximum atomic E-state index is 10.7. The molecular formula is C19H24Cl2N2O3. The van der Waals surface area contributed by atoms with Gasteiger partial charge < -0.3 is 4.74 Å². The van der Waals surface area contributed by atoms with Crippen LogP contribution in [0.25, 0.3) is 0 Å². The van der Waals surface area contributed by atoms with Crippen LogP contribution in [0.15, 0.2) is 42.5 Å². The second-order valence-corrected chi connectivity index (χ2v) is 6.20. The van der Waals surface area contributed by atoms with E-state index < -0.39 is 0 Å². The molecule has 2 aromatic carbocycles. The molecule has 1 unspecified atom stereocenters. The van der Waals surface area contributed by atoms with Crippen LogP contribution >= 0.6 is 24.8 Å². The fourth-order valence-corrected chi connectivity index (χ4v) is 3.35. The van der Waals surface area contributed by atoms with E-state index >= 15 is 0 Å². The molecule has 0 bridgehead atoms. The minimum Gasteiger partial charge on any atom is -0.497 e. The van der Waals surface area contributed by atoms with Crippen molar-refractivity contribution in [1.82, 2.24) is 4.90 Å². The number of halogens is 2. The predicted molar refractivity (Wildman–Crippen MR) is 108 cm³/mol. The molecule has 3 rings (SSSR count). The number of nitro groups is 1. The Morgan fingerprint density at radius 1 is 1.19 bits per heavy atom. The summed E-state index contributed by atoms with van der Waals surface area (Å²) < 4.78 is 5.31. The lowest BCUT2D eigenvalue weighted by atomic mass is 9.93. The van der Waals surface area contributed by atoms with Crippen molar-refractivity contribution in [1.29, 1.82) is 0 Å². The maximum absolute atomic E-state index is 10.7. The fraction of sp³-hybridized carbons (Fsp3) is 0.368. The standard InChI is InChI=1S/C19H22N2O3.2ClH/c1-14-19-8-7-18(24-2)13-16(19)10-12-20(14)11-9-15-3-5-17(6-4-15)21(22)23;;/h3-8,13-14H,9-12H2,1-2H3;2*1H. The molecule has 0 radical (unpaired) electrons. The third kappa shape index (κ3) is 4.87. The quantitative estimate of drug-likeness (QED) is 0.544. The Morgan fingerprint density at radius 2 is 1.88 bits per heavy atom. The van der Waals surface area contributed by atoms with Crippen LogP contribution in [0.3, 0.4) is 0 Å². The highest BCUT2D eigenvalue weighted by Crippen LogP contribution is 2.31. The molecule has 1 aliphatic rings. The zero-order valence-electron chi connectivity index (χ0n) is 14.9. The topological polar surface area (TPSA) is 55.6 Å². The van der Waals surface area contributed by atoms with E-state index in [2.05, 4.69) is 24.0 Å². The number of fused-ring (bicyclic) bond motifs is 1. The molecule has 0 fully saturated rings. The molecule has 0 aliphatic carbocycles. The first-order valence-corrected chi connectivity index (χ1v) is 8.22. The average molecular weight is 399 g/mol. The molecule has 0 saturated heterocycles. The van der Waals surface area contributed by atoms with Crippen LogP contribution in [0.1, 0.15) is 29.7 Å². The molecule has 2 aromatic rings. The maximum Gasteiger partial charge on any atom is 0.269 e. The Balaban J connectivity index is 0.00000169. The Morgan fingerprint density at radius 3 is 2.50 bits per heavy atom. The first-order valence-electron chi connectivity index (χ1n) is 8.22. The van der Waals surface area contributed by atoms with E-state index in [0.717, 1.165) is 37.2 Å². The molecule has 7 heteroatoms. The van der Waals surface area contributed by atoms with Gasteiger partial charge in [0.05, 0.1) is 12.0 Å². The number of hydrogen-bond acceptors (Lipinski definition) is 4. The summed E-state index contributed by atoms with van der Waals surface area (Å²) in [6.45, 7) is 4.21. The van der Waals surface area contributed by atoms with E-state index in [9.17, 15) is 10.1 Å². The summed E-state index contributed by atoms with van der Waals surface area (Å²) in [5, 5.41) is 10.7. The lowest BCUT2D eigenvalue weighted by Crippen LogP contribution is -2.35. The van der Waals surface area contributed by atoms with Gasteiger partial charge in [0.15, 0.2) is 0 Å². The Kier molecular flexibility index (Phi) is 8.34. The van der Waals surface area contributed by atoms with E-state index in [0.29, 0.717) is 6.04 Å². The largest absolute Gasteiger partial charge is 0.497 e. The number of rotatable bonds is 5. The molecule has 0 saturated carbocycles. The van der Waals surface area contributed by atoms with Gasteiger partial charge in [-0.15, -0.1) is 24.8 Å². The monoisotopic (exact) mass is 398 g/mol. The Hall–Kier alpha value is -1.82. The molecule has 5 nitrogen and oxygen atoms in total. The molecule has 142 valence electrons. The van der Waals surface area contributed by atoms with Crippen molar-refractivity contribution in [3.63, 3.8) is 0 Å². The van der Waals surface area contributed by atoms with Crippen molar-refractivity contribution >= 4 is 30.5 Å². The van der Waals surface area contributed by atoms with Crippen molar-refractivity contribution in [3.8, 4) is 5.75 Å². The van der Waals surface area contributed by atoms with E-state index in [1.807, 2.05) is 18.2 Å². The molecular weight excluding hydrogens is 375 g/mol. The van der Waals surface area contributed by atoms with Gasteiger partial charge in [0.1, 0.15) is 5.75 Å². The van der Waals surface area contributed by atoms with E-state index in [4.69, 9.17) is 4.74 Å². The first-order chi connectivity index (χ1) is 11.6. The Bertz CT molecular complexity index is 738. The van der Waals surface area contributed by atoms with E-state index in [1.165, 1.54) is 11.1 Å². The lowest BCUT2D eigenvalue weighted by Gasteiger charge is -2.35. The number of nitro benzene ring substituents is 1. The van der Waals surface area contributed by atoms with Crippen molar-refractivity contribution in [3.05, 3.63) is 69.3 Å². The number of non-ortho nitro benzene ring substituents is 1. The number of benzene rings is 2. The van der Waals surface area contributed by atoms with Gasteiger partial charge in [-0.1, -0.05) is 18.2 Å². The summed E-state index contributed by atoms with van der Waals surface area (Å²) in [6, 6.07) is 13.6. The third-order valence-electron chi connectivity index (χ3n) is 4.85. The predicted octanol–water partition coefficient (Wildman–Crippen LogP) is 4.61. The minimum absolute atomic E-state index is 0. The van der Waals surface area contributed by atoms with Gasteiger partial charge in [0.2, 0.25) is 0 Å². The number of methoxy groups -OCH3 is 1. The zero-order chi connectivity index (χ0) is 17.1.